The zero-order valence-electron chi connectivity index (χ0n) is 16.6. The number of sulfonamides is 1. The number of nitrogens with one attached hydrogen (secondary N) is 2. The number of carbonyl (C=O) groups is 2. The molecule has 0 heterocycles. The molecular weight excluding hydrogens is 410 g/mol. The van der Waals surface area contributed by atoms with E-state index >= 15 is 0 Å². The van der Waals surface area contributed by atoms with Crippen LogP contribution in [-0.4, -0.2) is 26.0 Å². The van der Waals surface area contributed by atoms with Crippen LogP contribution < -0.4 is 15.8 Å². The summed E-state index contributed by atoms with van der Waals surface area (Å²) in [6.07, 6.45) is 0.414. The highest BCUT2D eigenvalue weighted by molar-refractivity contribution is 8.00. The van der Waals surface area contributed by atoms with Gasteiger partial charge in [0.1, 0.15) is 0 Å². The molecule has 0 fully saturated rings. The van der Waals surface area contributed by atoms with Crippen molar-refractivity contribution >= 4 is 45.0 Å². The number of hydrogen-bond donors (Lipinski definition) is 3. The summed E-state index contributed by atoms with van der Waals surface area (Å²) in [6, 6.07) is 12.9. The molecule has 0 saturated carbocycles. The molecule has 0 spiro atoms. The second-order valence-corrected chi connectivity index (χ2v) is 10.3. The lowest BCUT2D eigenvalue weighted by atomic mass is 9.92. The maximum absolute atomic E-state index is 12.1. The van der Waals surface area contributed by atoms with E-state index in [4.69, 9.17) is 5.14 Å². The van der Waals surface area contributed by atoms with Crippen molar-refractivity contribution in [3.05, 3.63) is 48.5 Å². The minimum Gasteiger partial charge on any atom is -0.326 e. The van der Waals surface area contributed by atoms with Crippen molar-refractivity contribution in [3.8, 4) is 0 Å². The molecule has 0 radical (unpaired) electrons. The Kier molecular flexibility index (Phi) is 7.45. The molecule has 29 heavy (non-hydrogen) atoms. The fourth-order valence-corrected chi connectivity index (χ4v) is 3.69. The normalized spacial score (nSPS) is 11.7. The quantitative estimate of drug-likeness (QED) is 0.576. The van der Waals surface area contributed by atoms with Gasteiger partial charge in [0.05, 0.1) is 10.6 Å². The lowest BCUT2D eigenvalue weighted by Gasteiger charge is -2.17. The first kappa shape index (κ1) is 22.9. The minimum absolute atomic E-state index is 0.0183. The van der Waals surface area contributed by atoms with Crippen molar-refractivity contribution in [1.82, 2.24) is 0 Å². The van der Waals surface area contributed by atoms with Crippen molar-refractivity contribution in [2.24, 2.45) is 10.6 Å². The predicted molar refractivity (Wildman–Crippen MR) is 116 cm³/mol. The van der Waals surface area contributed by atoms with Crippen LogP contribution in [-0.2, 0) is 19.6 Å². The summed E-state index contributed by atoms with van der Waals surface area (Å²) in [5, 5.41) is 10.6. The molecule has 0 unspecified atom stereocenters. The molecule has 0 atom stereocenters. The number of primary sulfonamides is 1. The summed E-state index contributed by atoms with van der Waals surface area (Å²) in [5.74, 6) is -0.128. The summed E-state index contributed by atoms with van der Waals surface area (Å²) < 4.78 is 22.5. The van der Waals surface area contributed by atoms with Gasteiger partial charge >= 0.3 is 0 Å². The molecule has 4 N–H and O–H groups in total. The average molecular weight is 436 g/mol. The van der Waals surface area contributed by atoms with Crippen LogP contribution in [0.15, 0.2) is 58.3 Å². The Bertz CT molecular complexity index is 982. The second kappa shape index (κ2) is 9.43. The first-order chi connectivity index (χ1) is 13.4. The Labute approximate surface area is 175 Å². The van der Waals surface area contributed by atoms with E-state index in [9.17, 15) is 18.0 Å². The van der Waals surface area contributed by atoms with Gasteiger partial charge in [-0.2, -0.15) is 0 Å². The highest BCUT2D eigenvalue weighted by atomic mass is 32.2. The van der Waals surface area contributed by atoms with Crippen LogP contribution in [0.2, 0.25) is 0 Å². The van der Waals surface area contributed by atoms with Crippen LogP contribution in [0.1, 0.15) is 27.2 Å². The van der Waals surface area contributed by atoms with E-state index in [0.29, 0.717) is 17.8 Å². The van der Waals surface area contributed by atoms with Gasteiger partial charge in [-0.15, -0.1) is 11.8 Å². The number of nitrogens with two attached hydrogens (primary N) is 1. The van der Waals surface area contributed by atoms with Crippen molar-refractivity contribution in [3.63, 3.8) is 0 Å². The highest BCUT2D eigenvalue weighted by Gasteiger charge is 2.16. The molecule has 0 aliphatic heterocycles. The topological polar surface area (TPSA) is 118 Å². The molecule has 2 amide bonds. The van der Waals surface area contributed by atoms with Crippen LogP contribution >= 0.6 is 11.8 Å². The largest absolute Gasteiger partial charge is 0.326 e. The third-order valence-electron chi connectivity index (χ3n) is 3.65. The number of rotatable bonds is 7. The van der Waals surface area contributed by atoms with E-state index in [0.717, 1.165) is 4.90 Å². The van der Waals surface area contributed by atoms with Gasteiger partial charge in [-0.25, -0.2) is 13.6 Å². The minimum atomic E-state index is -3.76. The number of hydrogen-bond acceptors (Lipinski definition) is 5. The summed E-state index contributed by atoms with van der Waals surface area (Å²) in [5.41, 5.74) is 1.07. The summed E-state index contributed by atoms with van der Waals surface area (Å²) in [4.78, 5) is 25.0. The van der Waals surface area contributed by atoms with E-state index in [1.54, 1.807) is 6.07 Å². The molecule has 2 aromatic carbocycles. The predicted octanol–water partition coefficient (Wildman–Crippen LogP) is 3.44. The van der Waals surface area contributed by atoms with Gasteiger partial charge in [-0.1, -0.05) is 26.8 Å². The Morgan fingerprint density at radius 3 is 2.17 bits per heavy atom. The number of thioether (sulfide) groups is 1. The maximum atomic E-state index is 12.1. The van der Waals surface area contributed by atoms with Gasteiger partial charge in [0.2, 0.25) is 21.8 Å². The Hall–Kier alpha value is -2.36. The standard InChI is InChI=1S/C20H25N3O4S2/c1-20(2,3)12-18(24)23-15-5-4-6-16(11-15)28-13-19(25)22-14-7-9-17(10-8-14)29(21,26)27/h4-11H,12-13H2,1-3H3,(H,22,25)(H,23,24)(H2,21,26,27). The Morgan fingerprint density at radius 2 is 1.59 bits per heavy atom. The number of carbonyl (C=O) groups excluding carboxylic acids is 2. The van der Waals surface area contributed by atoms with Gasteiger partial charge in [-0.05, 0) is 47.9 Å². The molecule has 0 aliphatic rings. The van der Waals surface area contributed by atoms with Crippen LogP contribution in [0.4, 0.5) is 11.4 Å². The first-order valence-electron chi connectivity index (χ1n) is 8.88. The van der Waals surface area contributed by atoms with Crippen LogP contribution in [0.5, 0.6) is 0 Å². The average Bonchev–Trinajstić information content (AvgIpc) is 2.58. The highest BCUT2D eigenvalue weighted by Crippen LogP contribution is 2.24. The molecule has 9 heteroatoms. The molecule has 0 aliphatic carbocycles. The molecule has 7 nitrogen and oxygen atoms in total. The van der Waals surface area contributed by atoms with Crippen molar-refractivity contribution in [2.45, 2.75) is 37.0 Å². The van der Waals surface area contributed by atoms with E-state index in [1.165, 1.54) is 36.0 Å². The van der Waals surface area contributed by atoms with Gasteiger partial charge in [0.15, 0.2) is 0 Å². The SMILES string of the molecule is CC(C)(C)CC(=O)Nc1cccc(SCC(=O)Nc2ccc(S(N)(=O)=O)cc2)c1. The van der Waals surface area contributed by atoms with Crippen molar-refractivity contribution in [2.75, 3.05) is 16.4 Å². The summed E-state index contributed by atoms with van der Waals surface area (Å²) in [7, 11) is -3.76. The number of amides is 2. The third kappa shape index (κ3) is 8.26. The van der Waals surface area contributed by atoms with E-state index in [2.05, 4.69) is 10.6 Å². The van der Waals surface area contributed by atoms with Crippen molar-refractivity contribution < 1.29 is 18.0 Å². The Balaban J connectivity index is 1.89. The van der Waals surface area contributed by atoms with Crippen LogP contribution in [0.25, 0.3) is 0 Å². The Morgan fingerprint density at radius 1 is 0.966 bits per heavy atom. The van der Waals surface area contributed by atoms with Gasteiger partial charge < -0.3 is 10.6 Å². The second-order valence-electron chi connectivity index (χ2n) is 7.72. The molecule has 2 aromatic rings. The van der Waals surface area contributed by atoms with Crippen LogP contribution in [0.3, 0.4) is 0 Å². The number of benzene rings is 2. The fourth-order valence-electron chi connectivity index (χ4n) is 2.42. The zero-order chi connectivity index (χ0) is 21.7. The van der Waals surface area contributed by atoms with Gasteiger partial charge in [0, 0.05) is 22.7 Å². The number of anilines is 2. The summed E-state index contributed by atoms with van der Waals surface area (Å²) >= 11 is 1.33. The van der Waals surface area contributed by atoms with Gasteiger partial charge in [0.25, 0.3) is 0 Å². The molecule has 0 saturated heterocycles. The van der Waals surface area contributed by atoms with E-state index in [1.807, 2.05) is 39.0 Å². The smallest absolute Gasteiger partial charge is 0.238 e. The van der Waals surface area contributed by atoms with E-state index in [-0.39, 0.29) is 27.9 Å². The van der Waals surface area contributed by atoms with Gasteiger partial charge in [-0.3, -0.25) is 9.59 Å². The molecular formula is C20H25N3O4S2. The fraction of sp³-hybridized carbons (Fsp3) is 0.300. The molecule has 0 bridgehead atoms. The molecule has 0 aromatic heterocycles. The third-order valence-corrected chi connectivity index (χ3v) is 5.57. The van der Waals surface area contributed by atoms with Crippen LogP contribution in [0, 0.1) is 5.41 Å². The first-order valence-corrected chi connectivity index (χ1v) is 11.4. The van der Waals surface area contributed by atoms with E-state index < -0.39 is 10.0 Å². The summed E-state index contributed by atoms with van der Waals surface area (Å²) in [6.45, 7) is 6.00. The maximum Gasteiger partial charge on any atom is 0.238 e. The molecule has 156 valence electrons. The lowest BCUT2D eigenvalue weighted by molar-refractivity contribution is -0.118. The monoisotopic (exact) mass is 435 g/mol. The molecule has 2 rings (SSSR count). The zero-order valence-corrected chi connectivity index (χ0v) is 18.2. The lowest BCUT2D eigenvalue weighted by Crippen LogP contribution is -2.19. The van der Waals surface area contributed by atoms with Crippen molar-refractivity contribution in [1.29, 1.82) is 0 Å².